The zero-order chi connectivity index (χ0) is 13.8. The molecule has 0 saturated heterocycles. The van der Waals surface area contributed by atoms with Gasteiger partial charge in [-0.1, -0.05) is 17.3 Å². The lowest BCUT2D eigenvalue weighted by atomic mass is 10.1. The molecule has 0 radical (unpaired) electrons. The van der Waals surface area contributed by atoms with E-state index in [9.17, 15) is 4.39 Å². The van der Waals surface area contributed by atoms with Crippen LogP contribution < -0.4 is 5.32 Å². The van der Waals surface area contributed by atoms with Crippen molar-refractivity contribution in [2.75, 3.05) is 5.32 Å². The summed E-state index contributed by atoms with van der Waals surface area (Å²) in [7, 11) is 0. The van der Waals surface area contributed by atoms with Crippen LogP contribution in [0.15, 0.2) is 48.5 Å². The van der Waals surface area contributed by atoms with Gasteiger partial charge in [-0.05, 0) is 42.0 Å². The predicted molar refractivity (Wildman–Crippen MR) is 73.1 cm³/mol. The Kier molecular flexibility index (Phi) is 3.36. The minimum absolute atomic E-state index is 0.249. The first-order valence-corrected chi connectivity index (χ1v) is 6.13. The monoisotopic (exact) mass is 269 g/mol. The van der Waals surface area contributed by atoms with Crippen molar-refractivity contribution < 1.29 is 4.39 Å². The van der Waals surface area contributed by atoms with Crippen LogP contribution in [-0.2, 0) is 6.42 Å². The lowest BCUT2D eigenvalue weighted by Crippen LogP contribution is -1.94. The highest BCUT2D eigenvalue weighted by Gasteiger charge is 2.02. The van der Waals surface area contributed by atoms with E-state index in [-0.39, 0.29) is 5.82 Å². The molecule has 0 spiro atoms. The average molecular weight is 269 g/mol. The van der Waals surface area contributed by atoms with Crippen LogP contribution in [0.25, 0.3) is 0 Å². The molecule has 20 heavy (non-hydrogen) atoms. The van der Waals surface area contributed by atoms with Crippen LogP contribution in [0.3, 0.4) is 0 Å². The number of benzene rings is 2. The van der Waals surface area contributed by atoms with Crippen molar-refractivity contribution in [2.45, 2.75) is 6.42 Å². The Hall–Kier alpha value is -2.76. The Balaban J connectivity index is 1.75. The molecule has 3 rings (SSSR count). The number of anilines is 2. The molecule has 2 aromatic carbocycles. The Morgan fingerprint density at radius 1 is 1.05 bits per heavy atom. The number of hydrogen-bond acceptors (Lipinski definition) is 4. The number of H-pyrrole nitrogens is 1. The number of hydrogen-bond donors (Lipinski definition) is 2. The van der Waals surface area contributed by atoms with Crippen LogP contribution >= 0.6 is 0 Å². The Morgan fingerprint density at radius 3 is 2.65 bits per heavy atom. The van der Waals surface area contributed by atoms with E-state index in [4.69, 9.17) is 0 Å². The molecule has 1 aromatic heterocycles. The number of nitrogens with zero attached hydrogens (tertiary/aromatic N) is 3. The third-order valence-corrected chi connectivity index (χ3v) is 2.81. The highest BCUT2D eigenvalue weighted by Crippen LogP contribution is 2.18. The third-order valence-electron chi connectivity index (χ3n) is 2.81. The van der Waals surface area contributed by atoms with Crippen LogP contribution in [0.1, 0.15) is 11.4 Å². The molecule has 1 heterocycles. The molecule has 6 heteroatoms. The molecule has 5 nitrogen and oxygen atoms in total. The van der Waals surface area contributed by atoms with Crippen molar-refractivity contribution in [3.05, 3.63) is 65.7 Å². The van der Waals surface area contributed by atoms with E-state index in [2.05, 4.69) is 25.9 Å². The van der Waals surface area contributed by atoms with Gasteiger partial charge in [-0.3, -0.25) is 0 Å². The standard InChI is InChI=1S/C14H12FN5/c15-11-4-6-12(7-5-11)16-13-3-1-2-10(8-13)9-14-17-19-20-18-14/h1-8,16H,9H2,(H,17,18,19,20). The number of aromatic nitrogens is 4. The van der Waals surface area contributed by atoms with Crippen molar-refractivity contribution in [3.63, 3.8) is 0 Å². The third kappa shape index (κ3) is 2.97. The van der Waals surface area contributed by atoms with Gasteiger partial charge in [0.15, 0.2) is 5.82 Å². The van der Waals surface area contributed by atoms with Gasteiger partial charge in [0.05, 0.1) is 0 Å². The lowest BCUT2D eigenvalue weighted by Gasteiger charge is -2.07. The zero-order valence-electron chi connectivity index (χ0n) is 10.5. The summed E-state index contributed by atoms with van der Waals surface area (Å²) < 4.78 is 12.9. The molecular formula is C14H12FN5. The topological polar surface area (TPSA) is 66.5 Å². The molecule has 0 atom stereocenters. The fourth-order valence-electron chi connectivity index (χ4n) is 1.90. The van der Waals surface area contributed by atoms with Crippen molar-refractivity contribution in [1.29, 1.82) is 0 Å². The van der Waals surface area contributed by atoms with Crippen LogP contribution in [0.4, 0.5) is 15.8 Å². The number of nitrogens with one attached hydrogen (secondary N) is 2. The molecule has 0 saturated carbocycles. The minimum atomic E-state index is -0.249. The molecule has 2 N–H and O–H groups in total. The number of halogens is 1. The summed E-state index contributed by atoms with van der Waals surface area (Å²) >= 11 is 0. The van der Waals surface area contributed by atoms with Gasteiger partial charge in [0.25, 0.3) is 0 Å². The Bertz CT molecular complexity index is 679. The maximum absolute atomic E-state index is 12.9. The maximum Gasteiger partial charge on any atom is 0.178 e. The summed E-state index contributed by atoms with van der Waals surface area (Å²) in [5, 5.41) is 17.0. The zero-order valence-corrected chi connectivity index (χ0v) is 10.5. The number of rotatable bonds is 4. The molecule has 0 aliphatic heterocycles. The fourth-order valence-corrected chi connectivity index (χ4v) is 1.90. The second-order valence-electron chi connectivity index (χ2n) is 4.34. The lowest BCUT2D eigenvalue weighted by molar-refractivity contribution is 0.628. The van der Waals surface area contributed by atoms with Crippen LogP contribution in [0.5, 0.6) is 0 Å². The highest BCUT2D eigenvalue weighted by molar-refractivity contribution is 5.60. The fraction of sp³-hybridized carbons (Fsp3) is 0.0714. The van der Waals surface area contributed by atoms with E-state index >= 15 is 0 Å². The van der Waals surface area contributed by atoms with Gasteiger partial charge in [0.1, 0.15) is 5.82 Å². The molecular weight excluding hydrogens is 257 g/mol. The van der Waals surface area contributed by atoms with Crippen LogP contribution in [-0.4, -0.2) is 20.6 Å². The van der Waals surface area contributed by atoms with Crippen molar-refractivity contribution in [1.82, 2.24) is 20.6 Å². The van der Waals surface area contributed by atoms with E-state index in [1.54, 1.807) is 12.1 Å². The minimum Gasteiger partial charge on any atom is -0.356 e. The van der Waals surface area contributed by atoms with Gasteiger partial charge in [-0.25, -0.2) is 4.39 Å². The van der Waals surface area contributed by atoms with E-state index in [0.717, 1.165) is 16.9 Å². The first-order valence-electron chi connectivity index (χ1n) is 6.13. The van der Waals surface area contributed by atoms with Crippen molar-refractivity contribution in [3.8, 4) is 0 Å². The van der Waals surface area contributed by atoms with Gasteiger partial charge in [-0.2, -0.15) is 5.21 Å². The predicted octanol–water partition coefficient (Wildman–Crippen LogP) is 2.67. The summed E-state index contributed by atoms with van der Waals surface area (Å²) in [5.74, 6) is 0.394. The smallest absolute Gasteiger partial charge is 0.178 e. The van der Waals surface area contributed by atoms with Crippen LogP contribution in [0.2, 0.25) is 0 Å². The SMILES string of the molecule is Fc1ccc(Nc2cccc(Cc3nn[nH]n3)c2)cc1. The van der Waals surface area contributed by atoms with Gasteiger partial charge >= 0.3 is 0 Å². The largest absolute Gasteiger partial charge is 0.356 e. The van der Waals surface area contributed by atoms with Gasteiger partial charge in [-0.15, -0.1) is 10.2 Å². The van der Waals surface area contributed by atoms with Gasteiger partial charge in [0.2, 0.25) is 0 Å². The first kappa shape index (κ1) is 12.3. The van der Waals surface area contributed by atoms with E-state index in [1.807, 2.05) is 24.3 Å². The number of aromatic amines is 1. The van der Waals surface area contributed by atoms with E-state index in [1.165, 1.54) is 12.1 Å². The second-order valence-corrected chi connectivity index (χ2v) is 4.34. The molecule has 0 bridgehead atoms. The summed E-state index contributed by atoms with van der Waals surface area (Å²) in [4.78, 5) is 0. The van der Waals surface area contributed by atoms with E-state index in [0.29, 0.717) is 12.2 Å². The molecule has 0 fully saturated rings. The Labute approximate surface area is 114 Å². The first-order chi connectivity index (χ1) is 9.79. The quantitative estimate of drug-likeness (QED) is 0.764. The molecule has 100 valence electrons. The van der Waals surface area contributed by atoms with Crippen LogP contribution in [0, 0.1) is 5.82 Å². The Morgan fingerprint density at radius 2 is 1.90 bits per heavy atom. The maximum atomic E-state index is 12.9. The number of tetrazole rings is 1. The summed E-state index contributed by atoms with van der Waals surface area (Å²) in [5.41, 5.74) is 2.83. The molecule has 3 aromatic rings. The van der Waals surface area contributed by atoms with Gasteiger partial charge < -0.3 is 5.32 Å². The summed E-state index contributed by atoms with van der Waals surface area (Å²) in [6, 6.07) is 14.1. The highest BCUT2D eigenvalue weighted by atomic mass is 19.1. The summed E-state index contributed by atoms with van der Waals surface area (Å²) in [6.07, 6.45) is 0.607. The van der Waals surface area contributed by atoms with Crippen molar-refractivity contribution >= 4 is 11.4 Å². The average Bonchev–Trinajstić information content (AvgIpc) is 2.95. The van der Waals surface area contributed by atoms with Gasteiger partial charge in [0, 0.05) is 17.8 Å². The molecule has 0 unspecified atom stereocenters. The normalized spacial score (nSPS) is 10.4. The molecule has 0 aliphatic carbocycles. The molecule has 0 amide bonds. The van der Waals surface area contributed by atoms with E-state index < -0.39 is 0 Å². The van der Waals surface area contributed by atoms with Crippen molar-refractivity contribution in [2.24, 2.45) is 0 Å². The molecule has 0 aliphatic rings. The second kappa shape index (κ2) is 5.48. The summed E-state index contributed by atoms with van der Waals surface area (Å²) in [6.45, 7) is 0.